The summed E-state index contributed by atoms with van der Waals surface area (Å²) in [7, 11) is 0. The summed E-state index contributed by atoms with van der Waals surface area (Å²) in [5.74, 6) is 1.29. The van der Waals surface area contributed by atoms with Gasteiger partial charge in [-0.05, 0) is 231 Å². The number of rotatable bonds is 15. The Morgan fingerprint density at radius 1 is 0.422 bits per heavy atom. The van der Waals surface area contributed by atoms with Gasteiger partial charge >= 0.3 is 0 Å². The summed E-state index contributed by atoms with van der Waals surface area (Å²) in [4.78, 5) is 26.8. The topological polar surface area (TPSA) is 230 Å². The van der Waals surface area contributed by atoms with E-state index >= 15 is 0 Å². The number of aromatic hydroxyl groups is 6. The van der Waals surface area contributed by atoms with Crippen LogP contribution >= 0.6 is 43.5 Å². The average molecular weight is 1700 g/mol. The van der Waals surface area contributed by atoms with Crippen LogP contribution in [0, 0.1) is 58.2 Å². The highest BCUT2D eigenvalue weighted by atomic mass is 79.9. The summed E-state index contributed by atoms with van der Waals surface area (Å²) < 4.78 is 1.43. The van der Waals surface area contributed by atoms with E-state index in [0.29, 0.717) is 67.9 Å². The zero-order valence-electron chi connectivity index (χ0n) is 68.3. The molecule has 0 fully saturated rings. The third kappa shape index (κ3) is 28.8. The van der Waals surface area contributed by atoms with Gasteiger partial charge in [-0.1, -0.05) is 237 Å². The lowest BCUT2D eigenvalue weighted by molar-refractivity contribution is -0.384. The molecule has 0 aliphatic heterocycles. The number of phenols is 6. The summed E-state index contributed by atoms with van der Waals surface area (Å²) in [5.41, 5.74) is 20.8. The van der Waals surface area contributed by atoms with E-state index in [9.17, 15) is 40.8 Å². The van der Waals surface area contributed by atoms with Crippen LogP contribution in [0.5, 0.6) is 34.5 Å². The van der Waals surface area contributed by atoms with E-state index in [1.165, 1.54) is 35.0 Å². The van der Waals surface area contributed by atoms with Gasteiger partial charge < -0.3 is 41.3 Å². The van der Waals surface area contributed by atoms with E-state index in [-0.39, 0.29) is 39.2 Å². The molecule has 0 saturated heterocycles. The molecule has 116 heavy (non-hydrogen) atoms. The lowest BCUT2D eigenvalue weighted by Crippen LogP contribution is -2.14. The number of benzene rings is 12. The number of anilines is 2. The molecular weight excluding hydrogens is 1600 g/mol. The third-order valence-corrected chi connectivity index (χ3v) is 19.3. The quantitative estimate of drug-likeness (QED) is 0.0159. The van der Waals surface area contributed by atoms with Crippen LogP contribution in [0.3, 0.4) is 0 Å². The third-order valence-electron chi connectivity index (χ3n) is 17.8. The summed E-state index contributed by atoms with van der Waals surface area (Å²) in [5, 5.41) is 76.9. The molecule has 0 aliphatic rings. The fourth-order valence-corrected chi connectivity index (χ4v) is 13.2. The first-order valence-electron chi connectivity index (χ1n) is 37.5. The standard InChI is InChI=1S/C18H22BrNO.C18H20BrNO.C18H20ClNO.C15H14N2O.C15H14O.C14H12N2O3/c3*1-12-9-13(17(21)15(19)10-12)11-20-16-8-6-5-7-14(16)18(2,3)4;1-11-3-8-15(18)12(9-11)10-17-14-6-4-13(16-2)5-7-14;1-12-7-10-15(16)14(11-12)9-8-13-5-3-2-4-6-13;1-10-5-6-14(17)13(7-10)15-9-11-3-2-4-12(8-11)16(18)19/h5-10,20-21H,11H2,1-4H3;2*5-11,21H,1-4H3;3-9,17-18H,10H2,1H3;2-11,16H,1H3;2-9,17H,1H3/b;;;;9-8+;. The summed E-state index contributed by atoms with van der Waals surface area (Å²) in [6.07, 6.45) is 8.80. The molecule has 0 unspecified atom stereocenters. The number of nitro benzene ring substituents is 1. The van der Waals surface area contributed by atoms with Crippen molar-refractivity contribution in [2.45, 2.75) is 133 Å². The molecule has 0 bridgehead atoms. The Hall–Kier alpha value is -12.1. The van der Waals surface area contributed by atoms with E-state index in [0.717, 1.165) is 82.9 Å². The van der Waals surface area contributed by atoms with E-state index in [1.54, 1.807) is 73.1 Å². The number of nitrogens with zero attached hydrogens (tertiary/aromatic N) is 5. The second kappa shape index (κ2) is 42.9. The Morgan fingerprint density at radius 2 is 0.879 bits per heavy atom. The maximum Gasteiger partial charge on any atom is 0.270 e. The molecule has 0 amide bonds. The molecule has 12 rings (SSSR count). The van der Waals surface area contributed by atoms with Gasteiger partial charge in [0.2, 0.25) is 0 Å². The largest absolute Gasteiger partial charge is 0.508 e. The van der Waals surface area contributed by atoms with Gasteiger partial charge in [0.15, 0.2) is 5.69 Å². The lowest BCUT2D eigenvalue weighted by Gasteiger charge is -2.23. The average Bonchev–Trinajstić information content (AvgIpc) is 0.826. The Kier molecular flexibility index (Phi) is 33.7. The molecule has 12 aromatic rings. The van der Waals surface area contributed by atoms with Gasteiger partial charge in [0, 0.05) is 83.1 Å². The molecule has 0 atom stereocenters. The van der Waals surface area contributed by atoms with Gasteiger partial charge in [-0.15, -0.1) is 0 Å². The Balaban J connectivity index is 0.000000193. The van der Waals surface area contributed by atoms with Crippen molar-refractivity contribution >= 4 is 114 Å². The highest BCUT2D eigenvalue weighted by Crippen LogP contribution is 2.38. The van der Waals surface area contributed by atoms with Gasteiger partial charge in [0.25, 0.3) is 5.69 Å². The number of non-ortho nitro benzene ring substituents is 1. The zero-order chi connectivity index (χ0) is 85.0. The summed E-state index contributed by atoms with van der Waals surface area (Å²) in [6, 6.07) is 75.5. The van der Waals surface area contributed by atoms with E-state index in [4.69, 9.17) is 18.2 Å². The SMILES string of the molecule is Cc1cc(Br)c(O)c(C=Nc2ccccc2C(C)(C)C)c1.Cc1cc(Br)c(O)c(CNc2ccccc2C(C)(C)C)c1.Cc1cc(Cl)c(O)c(C=Nc2ccccc2C(C)(C)C)c1.Cc1ccc(O)c(/C=C/c2ccccc2)c1.Cc1ccc(O)c(N=Cc2cccc([N+](=O)[O-])c2)c1.[C-]#[N+]c1ccc(NCc2cc(C)ccc2O)cc1. The number of hydrogen-bond donors (Lipinski definition) is 8. The van der Waals surface area contributed by atoms with Crippen LogP contribution < -0.4 is 10.6 Å². The molecular formula is C98H102Br2ClN7O8. The van der Waals surface area contributed by atoms with Crippen LogP contribution in [-0.4, -0.2) is 54.2 Å². The number of nitrogens with one attached hydrogen (secondary N) is 2. The van der Waals surface area contributed by atoms with Crippen LogP contribution in [0.2, 0.25) is 5.02 Å². The molecule has 0 saturated carbocycles. The minimum absolute atomic E-state index is 0.0115. The number of hydrogen-bond acceptors (Lipinski definition) is 13. The molecule has 0 heterocycles. The van der Waals surface area contributed by atoms with E-state index < -0.39 is 4.92 Å². The smallest absolute Gasteiger partial charge is 0.270 e. The van der Waals surface area contributed by atoms with Crippen LogP contribution in [-0.2, 0) is 29.3 Å². The van der Waals surface area contributed by atoms with Crippen LogP contribution in [0.25, 0.3) is 17.0 Å². The molecule has 598 valence electrons. The van der Waals surface area contributed by atoms with Crippen molar-refractivity contribution in [3.8, 4) is 34.5 Å². The van der Waals surface area contributed by atoms with Gasteiger partial charge in [0.05, 0.1) is 36.8 Å². The lowest BCUT2D eigenvalue weighted by atomic mass is 9.86. The number of aliphatic imine (C=N–C) groups is 3. The highest BCUT2D eigenvalue weighted by Gasteiger charge is 2.21. The first-order chi connectivity index (χ1) is 54.9. The predicted octanol–water partition coefficient (Wildman–Crippen LogP) is 27.4. The van der Waals surface area contributed by atoms with Crippen molar-refractivity contribution in [1.29, 1.82) is 0 Å². The fourth-order valence-electron chi connectivity index (χ4n) is 11.7. The van der Waals surface area contributed by atoms with Gasteiger partial charge in [-0.2, -0.15) is 0 Å². The van der Waals surface area contributed by atoms with Crippen molar-refractivity contribution in [3.63, 3.8) is 0 Å². The fraction of sp³-hybridized carbons (Fsp3) is 0.204. The van der Waals surface area contributed by atoms with Gasteiger partial charge in [-0.3, -0.25) is 25.1 Å². The Morgan fingerprint density at radius 3 is 1.46 bits per heavy atom. The van der Waals surface area contributed by atoms with Crippen molar-refractivity contribution in [1.82, 2.24) is 0 Å². The van der Waals surface area contributed by atoms with Crippen LogP contribution in [0.1, 0.15) is 151 Å². The van der Waals surface area contributed by atoms with Gasteiger partial charge in [0.1, 0.15) is 40.2 Å². The number of para-hydroxylation sites is 3. The summed E-state index contributed by atoms with van der Waals surface area (Å²) in [6.45, 7) is 39.5. The van der Waals surface area contributed by atoms with Crippen molar-refractivity contribution in [3.05, 3.63) is 367 Å². The number of aryl methyl sites for hydroxylation is 6. The Labute approximate surface area is 705 Å². The van der Waals surface area contributed by atoms with Crippen LogP contribution in [0.4, 0.5) is 39.8 Å². The number of nitro groups is 1. The van der Waals surface area contributed by atoms with Gasteiger partial charge in [-0.25, -0.2) is 4.85 Å². The zero-order valence-corrected chi connectivity index (χ0v) is 72.2. The Bertz CT molecular complexity index is 5380. The molecule has 0 aromatic heterocycles. The number of phenolic OH excluding ortho intramolecular Hbond substituents is 6. The van der Waals surface area contributed by atoms with Crippen molar-refractivity contribution in [2.75, 3.05) is 10.6 Å². The molecule has 0 aliphatic carbocycles. The molecule has 18 heteroatoms. The maximum atomic E-state index is 10.6. The summed E-state index contributed by atoms with van der Waals surface area (Å²) >= 11 is 12.7. The van der Waals surface area contributed by atoms with Crippen LogP contribution in [0.15, 0.2) is 267 Å². The van der Waals surface area contributed by atoms with Crippen molar-refractivity contribution < 1.29 is 35.6 Å². The maximum absolute atomic E-state index is 10.6. The molecule has 15 nitrogen and oxygen atoms in total. The first-order valence-corrected chi connectivity index (χ1v) is 39.5. The van der Waals surface area contributed by atoms with Crippen molar-refractivity contribution in [2.24, 2.45) is 15.0 Å². The predicted molar refractivity (Wildman–Crippen MR) is 490 cm³/mol. The minimum Gasteiger partial charge on any atom is -0.508 e. The second-order valence-electron chi connectivity index (χ2n) is 30.9. The minimum atomic E-state index is -0.457. The molecule has 8 N–H and O–H groups in total. The molecule has 12 aromatic carbocycles. The highest BCUT2D eigenvalue weighted by molar-refractivity contribution is 9.11. The van der Waals surface area contributed by atoms with E-state index in [2.05, 4.69) is 155 Å². The second-order valence-corrected chi connectivity index (χ2v) is 33.0. The molecule has 0 spiro atoms. The molecule has 0 radical (unpaired) electrons. The normalized spacial score (nSPS) is 11.2. The monoisotopic (exact) mass is 1700 g/mol. The van der Waals surface area contributed by atoms with E-state index in [1.807, 2.05) is 193 Å². The number of halogens is 3. The first kappa shape index (κ1) is 91.1.